The molecule has 0 bridgehead atoms. The third-order valence-corrected chi connectivity index (χ3v) is 4.79. The van der Waals surface area contributed by atoms with Gasteiger partial charge in [0.25, 0.3) is 5.91 Å². The molecule has 1 aliphatic rings. The summed E-state index contributed by atoms with van der Waals surface area (Å²) in [7, 11) is -3.71. The van der Waals surface area contributed by atoms with Crippen LogP contribution < -0.4 is 15.8 Å². The van der Waals surface area contributed by atoms with Gasteiger partial charge in [-0.05, 0) is 30.5 Å². The molecule has 0 atom stereocenters. The number of nitrogens with two attached hydrogens (primary N) is 1. The van der Waals surface area contributed by atoms with E-state index in [1.807, 2.05) is 6.07 Å². The van der Waals surface area contributed by atoms with Crippen LogP contribution in [-0.4, -0.2) is 20.4 Å². The van der Waals surface area contributed by atoms with Crippen molar-refractivity contribution in [3.05, 3.63) is 41.6 Å². The molecule has 0 spiro atoms. The Labute approximate surface area is 141 Å². The quantitative estimate of drug-likeness (QED) is 0.520. The number of hydrogen-bond acceptors (Lipinski definition) is 5. The van der Waals surface area contributed by atoms with Crippen molar-refractivity contribution in [2.45, 2.75) is 43.2 Å². The Kier molecular flexibility index (Phi) is 5.95. The molecule has 128 valence electrons. The van der Waals surface area contributed by atoms with Gasteiger partial charge in [0.15, 0.2) is 0 Å². The Morgan fingerprint density at radius 1 is 1.29 bits per heavy atom. The lowest BCUT2D eigenvalue weighted by molar-refractivity contribution is -0.117. The van der Waals surface area contributed by atoms with Crippen molar-refractivity contribution in [2.75, 3.05) is 0 Å². The van der Waals surface area contributed by atoms with Gasteiger partial charge >= 0.3 is 0 Å². The molecule has 0 aliphatic heterocycles. The number of rotatable bonds is 6. The van der Waals surface area contributed by atoms with Crippen LogP contribution in [0, 0.1) is 11.3 Å². The van der Waals surface area contributed by atoms with E-state index in [0.717, 1.165) is 31.2 Å². The Morgan fingerprint density at radius 3 is 2.46 bits per heavy atom. The lowest BCUT2D eigenvalue weighted by Gasteiger charge is -2.11. The Balaban J connectivity index is 1.91. The van der Waals surface area contributed by atoms with Gasteiger partial charge < -0.3 is 10.6 Å². The molecule has 24 heavy (non-hydrogen) atoms. The maximum absolute atomic E-state index is 12.0. The molecule has 0 saturated heterocycles. The van der Waals surface area contributed by atoms with Crippen molar-refractivity contribution in [2.24, 2.45) is 5.14 Å². The van der Waals surface area contributed by atoms with Crippen LogP contribution in [0.4, 0.5) is 0 Å². The molecule has 1 amide bonds. The molecule has 1 aliphatic carbocycles. The number of hydrogen-bond donors (Lipinski definition) is 3. The molecule has 0 radical (unpaired) electrons. The summed E-state index contributed by atoms with van der Waals surface area (Å²) in [5.74, 6) is -0.374. The highest BCUT2D eigenvalue weighted by atomic mass is 32.2. The van der Waals surface area contributed by atoms with E-state index < -0.39 is 10.0 Å². The second kappa shape index (κ2) is 7.95. The lowest BCUT2D eigenvalue weighted by Crippen LogP contribution is -2.33. The van der Waals surface area contributed by atoms with Crippen molar-refractivity contribution < 1.29 is 13.2 Å². The van der Waals surface area contributed by atoms with Gasteiger partial charge in [-0.3, -0.25) is 4.79 Å². The van der Waals surface area contributed by atoms with Gasteiger partial charge in [0.05, 0.1) is 4.90 Å². The highest BCUT2D eigenvalue weighted by Gasteiger charge is 2.19. The summed E-state index contributed by atoms with van der Waals surface area (Å²) >= 11 is 0. The van der Waals surface area contributed by atoms with Crippen molar-refractivity contribution in [1.82, 2.24) is 10.6 Å². The molecule has 1 saturated carbocycles. The van der Waals surface area contributed by atoms with Gasteiger partial charge in [-0.1, -0.05) is 25.0 Å². The van der Waals surface area contributed by atoms with E-state index in [1.54, 1.807) is 12.1 Å². The molecule has 1 aromatic carbocycles. The molecule has 2 rings (SSSR count). The largest absolute Gasteiger partial charge is 0.386 e. The van der Waals surface area contributed by atoms with Crippen LogP contribution >= 0.6 is 0 Å². The number of nitriles is 1. The van der Waals surface area contributed by atoms with E-state index in [4.69, 9.17) is 10.4 Å². The van der Waals surface area contributed by atoms with Gasteiger partial charge in [0, 0.05) is 18.8 Å². The average Bonchev–Trinajstić information content (AvgIpc) is 3.04. The Morgan fingerprint density at radius 2 is 1.92 bits per heavy atom. The monoisotopic (exact) mass is 348 g/mol. The first-order valence-electron chi connectivity index (χ1n) is 7.66. The lowest BCUT2D eigenvalue weighted by atomic mass is 10.2. The predicted octanol–water partition coefficient (Wildman–Crippen LogP) is 0.890. The minimum absolute atomic E-state index is 0.0167. The topological polar surface area (TPSA) is 125 Å². The van der Waals surface area contributed by atoms with Gasteiger partial charge in [0.2, 0.25) is 10.0 Å². The van der Waals surface area contributed by atoms with Gasteiger partial charge in [-0.15, -0.1) is 0 Å². The average molecular weight is 348 g/mol. The second-order valence-corrected chi connectivity index (χ2v) is 7.26. The van der Waals surface area contributed by atoms with Crippen molar-refractivity contribution in [1.29, 1.82) is 5.26 Å². The SMILES string of the molecule is N#C/C(=C/NCc1ccc(S(N)(=O)=O)cc1)C(=O)NC1CCCC1. The first-order chi connectivity index (χ1) is 11.4. The fourth-order valence-corrected chi connectivity index (χ4v) is 3.07. The number of primary sulfonamides is 1. The number of sulfonamides is 1. The molecule has 7 nitrogen and oxygen atoms in total. The highest BCUT2D eigenvalue weighted by molar-refractivity contribution is 7.89. The number of benzene rings is 1. The van der Waals surface area contributed by atoms with E-state index in [9.17, 15) is 13.2 Å². The Hall–Kier alpha value is -2.37. The second-order valence-electron chi connectivity index (χ2n) is 5.69. The van der Waals surface area contributed by atoms with E-state index in [1.165, 1.54) is 18.3 Å². The fourth-order valence-electron chi connectivity index (χ4n) is 2.55. The number of carbonyl (C=O) groups is 1. The molecular weight excluding hydrogens is 328 g/mol. The summed E-state index contributed by atoms with van der Waals surface area (Å²) < 4.78 is 22.4. The van der Waals surface area contributed by atoms with Crippen LogP contribution in [0.25, 0.3) is 0 Å². The number of amides is 1. The van der Waals surface area contributed by atoms with Crippen molar-refractivity contribution >= 4 is 15.9 Å². The smallest absolute Gasteiger partial charge is 0.263 e. The minimum atomic E-state index is -3.71. The predicted molar refractivity (Wildman–Crippen MR) is 88.7 cm³/mol. The van der Waals surface area contributed by atoms with Crippen LogP contribution in [-0.2, 0) is 21.4 Å². The zero-order chi connectivity index (χ0) is 17.6. The van der Waals surface area contributed by atoms with Gasteiger partial charge in [-0.25, -0.2) is 13.6 Å². The minimum Gasteiger partial charge on any atom is -0.386 e. The first-order valence-corrected chi connectivity index (χ1v) is 9.21. The number of carbonyl (C=O) groups excluding carboxylic acids is 1. The maximum atomic E-state index is 12.0. The maximum Gasteiger partial charge on any atom is 0.263 e. The molecule has 0 unspecified atom stereocenters. The standard InChI is InChI=1S/C16H20N4O3S/c17-9-13(16(21)20-14-3-1-2-4-14)11-19-10-12-5-7-15(8-6-12)24(18,22)23/h5-8,11,14,19H,1-4,10H2,(H,20,21)(H2,18,22,23)/b13-11-. The number of nitrogens with one attached hydrogen (secondary N) is 2. The van der Waals surface area contributed by atoms with Crippen LogP contribution in [0.1, 0.15) is 31.2 Å². The Bertz CT molecular complexity index is 758. The van der Waals surface area contributed by atoms with Crippen LogP contribution in [0.2, 0.25) is 0 Å². The van der Waals surface area contributed by atoms with Crippen molar-refractivity contribution in [3.63, 3.8) is 0 Å². The normalized spacial score (nSPS) is 15.8. The highest BCUT2D eigenvalue weighted by Crippen LogP contribution is 2.17. The summed E-state index contributed by atoms with van der Waals surface area (Å²) in [4.78, 5) is 12.0. The summed E-state index contributed by atoms with van der Waals surface area (Å²) in [6, 6.07) is 8.09. The van der Waals surface area contributed by atoms with Crippen LogP contribution in [0.5, 0.6) is 0 Å². The summed E-state index contributed by atoms with van der Waals surface area (Å²) in [6.07, 6.45) is 5.48. The summed E-state index contributed by atoms with van der Waals surface area (Å²) in [5, 5.41) is 19.9. The molecule has 4 N–H and O–H groups in total. The molecule has 1 fully saturated rings. The first kappa shape index (κ1) is 18.0. The van der Waals surface area contributed by atoms with Crippen molar-refractivity contribution in [3.8, 4) is 6.07 Å². The summed E-state index contributed by atoms with van der Waals surface area (Å²) in [6.45, 7) is 0.354. The molecular formula is C16H20N4O3S. The molecule has 8 heteroatoms. The van der Waals surface area contributed by atoms with E-state index in [2.05, 4.69) is 10.6 Å². The van der Waals surface area contributed by atoms with Gasteiger partial charge in [-0.2, -0.15) is 5.26 Å². The third kappa shape index (κ3) is 5.08. The van der Waals surface area contributed by atoms with Gasteiger partial charge in [0.1, 0.15) is 11.6 Å². The zero-order valence-electron chi connectivity index (χ0n) is 13.2. The molecule has 1 aromatic rings. The third-order valence-electron chi connectivity index (χ3n) is 3.86. The zero-order valence-corrected chi connectivity index (χ0v) is 14.0. The number of nitrogens with zero attached hydrogens (tertiary/aromatic N) is 1. The fraction of sp³-hybridized carbons (Fsp3) is 0.375. The van der Waals surface area contributed by atoms with Crippen LogP contribution in [0.3, 0.4) is 0 Å². The molecule has 0 aromatic heterocycles. The van der Waals surface area contributed by atoms with E-state index in [0.29, 0.717) is 6.54 Å². The molecule has 0 heterocycles. The summed E-state index contributed by atoms with van der Waals surface area (Å²) in [5.41, 5.74) is 0.815. The van der Waals surface area contributed by atoms with E-state index >= 15 is 0 Å². The van der Waals surface area contributed by atoms with Crippen LogP contribution in [0.15, 0.2) is 40.9 Å². The van der Waals surface area contributed by atoms with E-state index in [-0.39, 0.29) is 22.4 Å².